The first-order valence-corrected chi connectivity index (χ1v) is 8.85. The van der Waals surface area contributed by atoms with Crippen LogP contribution in [0.2, 0.25) is 0 Å². The van der Waals surface area contributed by atoms with Crippen LogP contribution in [-0.2, 0) is 9.53 Å². The minimum Gasteiger partial charge on any atom is -0.379 e. The minimum atomic E-state index is -0.241. The molecule has 142 valence electrons. The summed E-state index contributed by atoms with van der Waals surface area (Å²) in [5.41, 5.74) is 1.43. The molecule has 8 heteroatoms. The van der Waals surface area contributed by atoms with E-state index >= 15 is 0 Å². The smallest absolute Gasteiger partial charge is 0.242 e. The van der Waals surface area contributed by atoms with Crippen LogP contribution in [0.5, 0.6) is 0 Å². The first kappa shape index (κ1) is 18.9. The van der Waals surface area contributed by atoms with Crippen molar-refractivity contribution >= 4 is 34.4 Å². The van der Waals surface area contributed by atoms with E-state index in [4.69, 9.17) is 10.6 Å². The summed E-state index contributed by atoms with van der Waals surface area (Å²) in [4.78, 5) is 23.0. The predicted octanol–water partition coefficient (Wildman–Crippen LogP) is 1.26. The standard InChI is InChI=1S/C19H24N6O2/c1-13(25-5-7-27-8-6-25)19(26)23-18-10-16-9-14(17(24-20)12-21-2)3-4-15(16)11-22-18/h3-4,9-13H,5-8,20H2,1-2H3,(H,22,23,26)/t13-/m0/s1. The third-order valence-corrected chi connectivity index (χ3v) is 4.63. The molecule has 0 saturated carbocycles. The van der Waals surface area contributed by atoms with Gasteiger partial charge in [0, 0.05) is 43.5 Å². The number of morpholine rings is 1. The van der Waals surface area contributed by atoms with Crippen LogP contribution in [0.1, 0.15) is 12.5 Å². The number of anilines is 1. The summed E-state index contributed by atoms with van der Waals surface area (Å²) in [5, 5.41) is 8.57. The molecule has 1 aromatic carbocycles. The van der Waals surface area contributed by atoms with E-state index in [1.165, 1.54) is 0 Å². The van der Waals surface area contributed by atoms with Gasteiger partial charge in [0.15, 0.2) is 0 Å². The fraction of sp³-hybridized carbons (Fsp3) is 0.368. The molecule has 27 heavy (non-hydrogen) atoms. The number of rotatable bonds is 5. The zero-order valence-electron chi connectivity index (χ0n) is 15.6. The zero-order valence-corrected chi connectivity index (χ0v) is 15.6. The van der Waals surface area contributed by atoms with Gasteiger partial charge in [-0.05, 0) is 24.4 Å². The van der Waals surface area contributed by atoms with Gasteiger partial charge in [-0.15, -0.1) is 0 Å². The van der Waals surface area contributed by atoms with Crippen LogP contribution in [0.4, 0.5) is 5.82 Å². The topological polar surface area (TPSA) is 105 Å². The predicted molar refractivity (Wildman–Crippen MR) is 107 cm³/mol. The molecule has 1 fully saturated rings. The molecule has 0 unspecified atom stereocenters. The van der Waals surface area contributed by atoms with Gasteiger partial charge in [0.1, 0.15) is 11.5 Å². The molecule has 1 aliphatic heterocycles. The number of carbonyl (C=O) groups is 1. The quantitative estimate of drug-likeness (QED) is 0.470. The molecule has 3 rings (SSSR count). The molecule has 0 spiro atoms. The molecule has 8 nitrogen and oxygen atoms in total. The molecule has 1 aliphatic rings. The summed E-state index contributed by atoms with van der Waals surface area (Å²) in [5.74, 6) is 5.88. The minimum absolute atomic E-state index is 0.0813. The third kappa shape index (κ3) is 4.47. The van der Waals surface area contributed by atoms with Crippen molar-refractivity contribution < 1.29 is 9.53 Å². The average molecular weight is 368 g/mol. The first-order valence-electron chi connectivity index (χ1n) is 8.85. The van der Waals surface area contributed by atoms with Crippen molar-refractivity contribution in [1.82, 2.24) is 9.88 Å². The number of hydrazone groups is 1. The molecule has 2 heterocycles. The van der Waals surface area contributed by atoms with Crippen LogP contribution in [0.3, 0.4) is 0 Å². The number of nitrogens with two attached hydrogens (primary N) is 1. The fourth-order valence-electron chi connectivity index (χ4n) is 3.03. The fourth-order valence-corrected chi connectivity index (χ4v) is 3.03. The van der Waals surface area contributed by atoms with E-state index in [0.29, 0.717) is 24.7 Å². The number of aromatic nitrogens is 1. The number of hydrogen-bond donors (Lipinski definition) is 2. The second-order valence-corrected chi connectivity index (χ2v) is 6.35. The number of nitrogens with one attached hydrogen (secondary N) is 1. The van der Waals surface area contributed by atoms with E-state index in [1.54, 1.807) is 19.5 Å². The molecular weight excluding hydrogens is 344 g/mol. The van der Waals surface area contributed by atoms with Crippen LogP contribution < -0.4 is 11.2 Å². The summed E-state index contributed by atoms with van der Waals surface area (Å²) >= 11 is 0. The molecular formula is C19H24N6O2. The Morgan fingerprint density at radius 3 is 2.81 bits per heavy atom. The second-order valence-electron chi connectivity index (χ2n) is 6.35. The highest BCUT2D eigenvalue weighted by Crippen LogP contribution is 2.19. The Hall–Kier alpha value is -2.84. The third-order valence-electron chi connectivity index (χ3n) is 4.63. The monoisotopic (exact) mass is 368 g/mol. The lowest BCUT2D eigenvalue weighted by atomic mass is 10.1. The summed E-state index contributed by atoms with van der Waals surface area (Å²) in [7, 11) is 1.67. The lowest BCUT2D eigenvalue weighted by Gasteiger charge is -2.31. The molecule has 1 amide bonds. The van der Waals surface area contributed by atoms with Gasteiger partial charge in [-0.25, -0.2) is 4.98 Å². The summed E-state index contributed by atoms with van der Waals surface area (Å²) in [6.45, 7) is 4.71. The van der Waals surface area contributed by atoms with Gasteiger partial charge in [0.05, 0.1) is 19.3 Å². The molecule has 3 N–H and O–H groups in total. The summed E-state index contributed by atoms with van der Waals surface area (Å²) < 4.78 is 5.34. The number of pyridine rings is 1. The Balaban J connectivity index is 1.79. The number of fused-ring (bicyclic) bond motifs is 1. The van der Waals surface area contributed by atoms with Crippen LogP contribution in [0.25, 0.3) is 10.8 Å². The van der Waals surface area contributed by atoms with Crippen molar-refractivity contribution in [2.75, 3.05) is 38.7 Å². The van der Waals surface area contributed by atoms with Gasteiger partial charge in [-0.2, -0.15) is 5.10 Å². The van der Waals surface area contributed by atoms with Crippen LogP contribution in [0.15, 0.2) is 40.6 Å². The van der Waals surface area contributed by atoms with Crippen LogP contribution in [0, 0.1) is 0 Å². The van der Waals surface area contributed by atoms with Gasteiger partial charge in [0.25, 0.3) is 0 Å². The Morgan fingerprint density at radius 2 is 2.11 bits per heavy atom. The Bertz CT molecular complexity index is 874. The maximum atomic E-state index is 12.6. The molecule has 0 bridgehead atoms. The normalized spacial score (nSPS) is 17.3. The largest absolute Gasteiger partial charge is 0.379 e. The summed E-state index contributed by atoms with van der Waals surface area (Å²) in [6.07, 6.45) is 3.34. The molecule has 1 aromatic heterocycles. The van der Waals surface area contributed by atoms with Crippen molar-refractivity contribution in [1.29, 1.82) is 0 Å². The van der Waals surface area contributed by atoms with Gasteiger partial charge in [-0.3, -0.25) is 14.7 Å². The molecule has 1 atom stereocenters. The lowest BCUT2D eigenvalue weighted by Crippen LogP contribution is -2.47. The van der Waals surface area contributed by atoms with Gasteiger partial charge in [-0.1, -0.05) is 12.1 Å². The first-order chi connectivity index (χ1) is 13.1. The number of benzene rings is 1. The molecule has 2 aromatic rings. The maximum absolute atomic E-state index is 12.6. The number of ether oxygens (including phenoxy) is 1. The van der Waals surface area contributed by atoms with E-state index in [9.17, 15) is 4.79 Å². The molecule has 0 radical (unpaired) electrons. The maximum Gasteiger partial charge on any atom is 0.242 e. The summed E-state index contributed by atoms with van der Waals surface area (Å²) in [6, 6.07) is 7.41. The van der Waals surface area contributed by atoms with E-state index in [1.807, 2.05) is 31.2 Å². The highest BCUT2D eigenvalue weighted by molar-refractivity contribution is 6.38. The van der Waals surface area contributed by atoms with Crippen molar-refractivity contribution in [2.45, 2.75) is 13.0 Å². The number of carbonyl (C=O) groups excluding carboxylic acids is 1. The number of hydrogen-bond acceptors (Lipinski definition) is 7. The second kappa shape index (κ2) is 8.70. The number of amides is 1. The molecule has 0 aliphatic carbocycles. The van der Waals surface area contributed by atoms with Gasteiger partial charge >= 0.3 is 0 Å². The van der Waals surface area contributed by atoms with E-state index in [-0.39, 0.29) is 11.9 Å². The van der Waals surface area contributed by atoms with Gasteiger partial charge in [0.2, 0.25) is 5.91 Å². The highest BCUT2D eigenvalue weighted by atomic mass is 16.5. The van der Waals surface area contributed by atoms with Crippen molar-refractivity contribution in [2.24, 2.45) is 15.9 Å². The van der Waals surface area contributed by atoms with E-state index in [2.05, 4.69) is 25.3 Å². The Kier molecular flexibility index (Phi) is 6.10. The van der Waals surface area contributed by atoms with Crippen LogP contribution >= 0.6 is 0 Å². The Morgan fingerprint density at radius 1 is 1.33 bits per heavy atom. The highest BCUT2D eigenvalue weighted by Gasteiger charge is 2.23. The lowest BCUT2D eigenvalue weighted by molar-refractivity contribution is -0.122. The van der Waals surface area contributed by atoms with E-state index < -0.39 is 0 Å². The number of nitrogens with zero attached hydrogens (tertiary/aromatic N) is 4. The Labute approximate surface area is 158 Å². The van der Waals surface area contributed by atoms with Crippen molar-refractivity contribution in [3.05, 3.63) is 36.0 Å². The van der Waals surface area contributed by atoms with Crippen molar-refractivity contribution in [3.8, 4) is 0 Å². The average Bonchev–Trinajstić information content (AvgIpc) is 2.71. The van der Waals surface area contributed by atoms with Crippen molar-refractivity contribution in [3.63, 3.8) is 0 Å². The van der Waals surface area contributed by atoms with Gasteiger partial charge < -0.3 is 15.9 Å². The number of aliphatic imine (C=N–C) groups is 1. The van der Waals surface area contributed by atoms with Crippen LogP contribution in [-0.4, -0.2) is 67.1 Å². The van der Waals surface area contributed by atoms with E-state index in [0.717, 1.165) is 29.4 Å². The molecule has 1 saturated heterocycles. The SMILES string of the molecule is CN=CC(=NN)c1ccc2cnc(NC(=O)[C@H](C)N3CCOCC3)cc2c1. The zero-order chi connectivity index (χ0) is 19.2.